The molecule has 0 aliphatic carbocycles. The molecule has 7 heteroatoms. The maximum atomic E-state index is 10.7. The first-order valence-corrected chi connectivity index (χ1v) is 5.90. The van der Waals surface area contributed by atoms with E-state index in [1.807, 2.05) is 0 Å². The van der Waals surface area contributed by atoms with Crippen molar-refractivity contribution in [1.29, 1.82) is 0 Å². The molecule has 0 aliphatic heterocycles. The summed E-state index contributed by atoms with van der Waals surface area (Å²) < 4.78 is 7.10. The average molecular weight is 261 g/mol. The zero-order valence-electron chi connectivity index (χ0n) is 8.98. The Bertz CT molecular complexity index is 719. The van der Waals surface area contributed by atoms with Crippen LogP contribution < -0.4 is 4.74 Å². The van der Waals surface area contributed by atoms with E-state index in [4.69, 9.17) is 9.84 Å². The third kappa shape index (κ3) is 1.91. The molecule has 0 saturated carbocycles. The summed E-state index contributed by atoms with van der Waals surface area (Å²) in [6.45, 7) is 0. The van der Waals surface area contributed by atoms with Gasteiger partial charge in [-0.1, -0.05) is 0 Å². The lowest BCUT2D eigenvalue weighted by Gasteiger charge is -2.01. The highest BCUT2D eigenvalue weighted by atomic mass is 32.1. The van der Waals surface area contributed by atoms with Crippen LogP contribution in [0.15, 0.2) is 36.0 Å². The highest BCUT2D eigenvalue weighted by Gasteiger charge is 2.09. The third-order valence-corrected chi connectivity index (χ3v) is 3.14. The summed E-state index contributed by atoms with van der Waals surface area (Å²) in [7, 11) is 0. The largest absolute Gasteiger partial charge is 0.477 e. The molecule has 0 saturated heterocycles. The van der Waals surface area contributed by atoms with E-state index in [0.717, 1.165) is 11.3 Å². The first kappa shape index (κ1) is 10.7. The number of nitrogens with zero attached hydrogens (tertiary/aromatic N) is 3. The number of carboxylic acid groups (broad SMARTS) is 1. The summed E-state index contributed by atoms with van der Waals surface area (Å²) in [5.41, 5.74) is 0.668. The van der Waals surface area contributed by atoms with Gasteiger partial charge in [0.05, 0.1) is 6.20 Å². The summed E-state index contributed by atoms with van der Waals surface area (Å²) in [5, 5.41) is 14.5. The van der Waals surface area contributed by atoms with Crippen molar-refractivity contribution in [2.75, 3.05) is 0 Å². The molecule has 0 aliphatic rings. The zero-order valence-corrected chi connectivity index (χ0v) is 9.79. The van der Waals surface area contributed by atoms with Gasteiger partial charge in [-0.05, 0) is 0 Å². The molecule has 0 radical (unpaired) electrons. The van der Waals surface area contributed by atoms with Crippen molar-refractivity contribution in [2.45, 2.75) is 0 Å². The number of carboxylic acids is 1. The molecule has 0 aromatic carbocycles. The molecule has 0 atom stereocenters. The topological polar surface area (TPSA) is 76.7 Å². The molecular weight excluding hydrogens is 254 g/mol. The lowest BCUT2D eigenvalue weighted by Crippen LogP contribution is -1.93. The Labute approximate surface area is 105 Å². The minimum atomic E-state index is -0.964. The fraction of sp³-hybridized carbons (Fsp3) is 0. The SMILES string of the molecule is O=C(O)c1cc(Oc2ccn3nccc3n2)cs1. The van der Waals surface area contributed by atoms with E-state index in [2.05, 4.69) is 10.1 Å². The minimum absolute atomic E-state index is 0.232. The highest BCUT2D eigenvalue weighted by molar-refractivity contribution is 7.12. The number of carbonyl (C=O) groups is 1. The second-order valence-corrected chi connectivity index (χ2v) is 4.36. The molecule has 3 rings (SSSR count). The third-order valence-electron chi connectivity index (χ3n) is 2.24. The summed E-state index contributed by atoms with van der Waals surface area (Å²) in [6, 6.07) is 4.89. The molecule has 18 heavy (non-hydrogen) atoms. The van der Waals surface area contributed by atoms with E-state index in [9.17, 15) is 4.79 Å². The van der Waals surface area contributed by atoms with Gasteiger partial charge in [0.15, 0.2) is 5.65 Å². The first-order valence-electron chi connectivity index (χ1n) is 5.02. The molecule has 0 fully saturated rings. The maximum Gasteiger partial charge on any atom is 0.346 e. The van der Waals surface area contributed by atoms with E-state index < -0.39 is 5.97 Å². The lowest BCUT2D eigenvalue weighted by atomic mass is 10.4. The van der Waals surface area contributed by atoms with Crippen molar-refractivity contribution in [3.63, 3.8) is 0 Å². The Morgan fingerprint density at radius 2 is 2.33 bits per heavy atom. The van der Waals surface area contributed by atoms with Crippen LogP contribution in [0.5, 0.6) is 11.6 Å². The van der Waals surface area contributed by atoms with Crippen LogP contribution >= 0.6 is 11.3 Å². The van der Waals surface area contributed by atoms with Crippen LogP contribution in [0.2, 0.25) is 0 Å². The van der Waals surface area contributed by atoms with Gasteiger partial charge < -0.3 is 9.84 Å². The van der Waals surface area contributed by atoms with E-state index in [0.29, 0.717) is 17.3 Å². The predicted octanol–water partition coefficient (Wildman–Crippen LogP) is 2.28. The van der Waals surface area contributed by atoms with Crippen molar-refractivity contribution < 1.29 is 14.6 Å². The lowest BCUT2D eigenvalue weighted by molar-refractivity contribution is 0.0702. The van der Waals surface area contributed by atoms with E-state index in [1.165, 1.54) is 6.07 Å². The van der Waals surface area contributed by atoms with Crippen molar-refractivity contribution in [3.05, 3.63) is 40.8 Å². The van der Waals surface area contributed by atoms with E-state index >= 15 is 0 Å². The van der Waals surface area contributed by atoms with Gasteiger partial charge in [0.1, 0.15) is 10.6 Å². The van der Waals surface area contributed by atoms with Gasteiger partial charge in [-0.15, -0.1) is 11.3 Å². The number of aromatic nitrogens is 3. The Balaban J connectivity index is 1.88. The molecule has 3 heterocycles. The molecule has 6 nitrogen and oxygen atoms in total. The quantitative estimate of drug-likeness (QED) is 0.782. The van der Waals surface area contributed by atoms with Gasteiger partial charge in [-0.25, -0.2) is 9.31 Å². The fourth-order valence-corrected chi connectivity index (χ4v) is 2.10. The number of rotatable bonds is 3. The highest BCUT2D eigenvalue weighted by Crippen LogP contribution is 2.26. The second kappa shape index (κ2) is 4.11. The van der Waals surface area contributed by atoms with Crippen molar-refractivity contribution in [3.8, 4) is 11.6 Å². The van der Waals surface area contributed by atoms with Crippen LogP contribution in [-0.2, 0) is 0 Å². The predicted molar refractivity (Wildman–Crippen MR) is 64.3 cm³/mol. The normalized spacial score (nSPS) is 10.7. The fourth-order valence-electron chi connectivity index (χ4n) is 1.46. The maximum absolute atomic E-state index is 10.7. The number of hydrogen-bond donors (Lipinski definition) is 1. The van der Waals surface area contributed by atoms with Gasteiger partial charge in [0.25, 0.3) is 0 Å². The number of fused-ring (bicyclic) bond motifs is 1. The van der Waals surface area contributed by atoms with Gasteiger partial charge in [0, 0.05) is 29.8 Å². The molecule has 0 unspecified atom stereocenters. The molecular formula is C11H7N3O3S. The van der Waals surface area contributed by atoms with Crippen LogP contribution in [0.3, 0.4) is 0 Å². The van der Waals surface area contributed by atoms with Crippen LogP contribution in [0.4, 0.5) is 0 Å². The number of thiophene rings is 1. The molecule has 0 spiro atoms. The summed E-state index contributed by atoms with van der Waals surface area (Å²) in [6.07, 6.45) is 3.36. The van der Waals surface area contributed by atoms with Crippen LogP contribution in [0.1, 0.15) is 9.67 Å². The van der Waals surface area contributed by atoms with Crippen LogP contribution in [0.25, 0.3) is 5.65 Å². The zero-order chi connectivity index (χ0) is 12.5. The molecule has 1 N–H and O–H groups in total. The second-order valence-electron chi connectivity index (χ2n) is 3.45. The van der Waals surface area contributed by atoms with Crippen LogP contribution in [-0.4, -0.2) is 25.7 Å². The minimum Gasteiger partial charge on any atom is -0.477 e. The van der Waals surface area contributed by atoms with Gasteiger partial charge in [-0.3, -0.25) is 0 Å². The van der Waals surface area contributed by atoms with Crippen molar-refractivity contribution in [1.82, 2.24) is 14.6 Å². The molecule has 3 aromatic heterocycles. The van der Waals surface area contributed by atoms with Gasteiger partial charge in [0.2, 0.25) is 5.88 Å². The smallest absolute Gasteiger partial charge is 0.346 e. The molecule has 90 valence electrons. The summed E-state index contributed by atoms with van der Waals surface area (Å²) in [5.74, 6) is -0.0967. The van der Waals surface area contributed by atoms with E-state index in [1.54, 1.807) is 34.4 Å². The Kier molecular flexibility index (Phi) is 2.45. The number of hydrogen-bond acceptors (Lipinski definition) is 5. The van der Waals surface area contributed by atoms with Crippen LogP contribution in [0, 0.1) is 0 Å². The Hall–Kier alpha value is -2.41. The first-order chi connectivity index (χ1) is 8.72. The number of ether oxygens (including phenoxy) is 1. The molecule has 0 bridgehead atoms. The molecule has 3 aromatic rings. The Morgan fingerprint density at radius 3 is 3.11 bits per heavy atom. The summed E-state index contributed by atoms with van der Waals surface area (Å²) >= 11 is 1.11. The monoisotopic (exact) mass is 261 g/mol. The number of aromatic carboxylic acids is 1. The van der Waals surface area contributed by atoms with Crippen molar-refractivity contribution >= 4 is 23.0 Å². The van der Waals surface area contributed by atoms with Gasteiger partial charge >= 0.3 is 5.97 Å². The van der Waals surface area contributed by atoms with E-state index in [-0.39, 0.29) is 4.88 Å². The molecule has 0 amide bonds. The van der Waals surface area contributed by atoms with Gasteiger partial charge in [-0.2, -0.15) is 10.1 Å². The average Bonchev–Trinajstić information content (AvgIpc) is 2.96. The Morgan fingerprint density at radius 1 is 1.44 bits per heavy atom. The standard InChI is InChI=1S/C11H7N3O3S/c15-11(16)8-5-7(6-18-8)17-10-2-4-14-9(13-10)1-3-12-14/h1-6H,(H,15,16). The summed E-state index contributed by atoms with van der Waals surface area (Å²) in [4.78, 5) is 15.2. The van der Waals surface area contributed by atoms with Crippen molar-refractivity contribution in [2.24, 2.45) is 0 Å².